The first-order chi connectivity index (χ1) is 13.9. The molecule has 1 aliphatic rings. The first-order valence-electron chi connectivity index (χ1n) is 11.0. The van der Waals surface area contributed by atoms with E-state index in [-0.39, 0.29) is 24.0 Å². The van der Waals surface area contributed by atoms with Crippen molar-refractivity contribution >= 4 is 17.4 Å². The van der Waals surface area contributed by atoms with Gasteiger partial charge in [0.25, 0.3) is 5.56 Å². The van der Waals surface area contributed by atoms with E-state index in [1.54, 1.807) is 0 Å². The quantitative estimate of drug-likeness (QED) is 0.611. The van der Waals surface area contributed by atoms with Crippen LogP contribution in [0, 0.1) is 0 Å². The molecule has 164 valence electrons. The van der Waals surface area contributed by atoms with Gasteiger partial charge >= 0.3 is 5.69 Å². The number of likely N-dealkylation sites (N-methyl/N-ethyl adjacent to an activating group) is 1. The molecular weight excluding hydrogens is 370 g/mol. The summed E-state index contributed by atoms with van der Waals surface area (Å²) in [5.74, 6) is -0.0775. The lowest BCUT2D eigenvalue weighted by Gasteiger charge is -2.30. The van der Waals surface area contributed by atoms with E-state index in [1.165, 1.54) is 35.2 Å². The number of nitrogens with one attached hydrogen (secondary N) is 1. The number of hydrogen-bond donors (Lipinski definition) is 2. The molecule has 1 amide bonds. The molecule has 2 rings (SSSR count). The molecule has 0 spiro atoms. The van der Waals surface area contributed by atoms with E-state index in [2.05, 4.69) is 9.88 Å². The number of anilines is 2. The van der Waals surface area contributed by atoms with Gasteiger partial charge in [-0.1, -0.05) is 46.0 Å². The highest BCUT2D eigenvalue weighted by Gasteiger charge is 2.26. The lowest BCUT2D eigenvalue weighted by molar-refractivity contribution is -0.120. The second-order valence-corrected chi connectivity index (χ2v) is 8.10. The van der Waals surface area contributed by atoms with Crippen LogP contribution in [0.2, 0.25) is 0 Å². The van der Waals surface area contributed by atoms with Gasteiger partial charge in [0.15, 0.2) is 5.69 Å². The van der Waals surface area contributed by atoms with E-state index in [0.717, 1.165) is 25.7 Å². The number of hydrogen-bond acceptors (Lipinski definition) is 5. The van der Waals surface area contributed by atoms with Gasteiger partial charge in [0.1, 0.15) is 5.82 Å². The van der Waals surface area contributed by atoms with Crippen LogP contribution in [-0.4, -0.2) is 46.5 Å². The lowest BCUT2D eigenvalue weighted by atomic mass is 10.1. The molecular formula is C21H37N5O3. The van der Waals surface area contributed by atoms with Gasteiger partial charge in [0.2, 0.25) is 5.91 Å². The van der Waals surface area contributed by atoms with Gasteiger partial charge in [-0.15, -0.1) is 0 Å². The molecule has 0 saturated heterocycles. The average Bonchev–Trinajstić information content (AvgIpc) is 2.97. The Morgan fingerprint density at radius 1 is 1.14 bits per heavy atom. The second kappa shape index (κ2) is 11.2. The Morgan fingerprint density at radius 2 is 1.79 bits per heavy atom. The predicted molar refractivity (Wildman–Crippen MR) is 117 cm³/mol. The number of carbonyl (C=O) groups is 1. The summed E-state index contributed by atoms with van der Waals surface area (Å²) in [5, 5.41) is 0. The van der Waals surface area contributed by atoms with Crippen LogP contribution in [-0.2, 0) is 11.3 Å². The summed E-state index contributed by atoms with van der Waals surface area (Å²) >= 11 is 0. The van der Waals surface area contributed by atoms with Crippen LogP contribution >= 0.6 is 0 Å². The standard InChI is InChI=1S/C21H37N5O3/c1-4-6-14-25(17(27)15-24(3)16-11-9-7-8-10-12-16)18-19(22)26(13-5-2)21(29)23-20(18)28/h16H,4-15,22H2,1-3H3,(H,23,28,29). The van der Waals surface area contributed by atoms with E-state index in [1.807, 2.05) is 20.9 Å². The molecule has 1 aliphatic carbocycles. The Bertz CT molecular complexity index is 778. The third-order valence-corrected chi connectivity index (χ3v) is 5.80. The Hall–Kier alpha value is -2.09. The third-order valence-electron chi connectivity index (χ3n) is 5.80. The van der Waals surface area contributed by atoms with Crippen molar-refractivity contribution in [1.82, 2.24) is 14.5 Å². The van der Waals surface area contributed by atoms with E-state index in [9.17, 15) is 14.4 Å². The number of aromatic amines is 1. The fourth-order valence-corrected chi connectivity index (χ4v) is 4.09. The van der Waals surface area contributed by atoms with Crippen molar-refractivity contribution in [2.24, 2.45) is 0 Å². The van der Waals surface area contributed by atoms with Gasteiger partial charge in [-0.2, -0.15) is 0 Å². The van der Waals surface area contributed by atoms with Crippen LogP contribution in [0.1, 0.15) is 71.6 Å². The van der Waals surface area contributed by atoms with Gasteiger partial charge in [0.05, 0.1) is 6.54 Å². The van der Waals surface area contributed by atoms with Crippen molar-refractivity contribution < 1.29 is 4.79 Å². The highest BCUT2D eigenvalue weighted by Crippen LogP contribution is 2.22. The summed E-state index contributed by atoms with van der Waals surface area (Å²) in [6, 6.07) is 0.388. The van der Waals surface area contributed by atoms with Gasteiger partial charge in [-0.05, 0) is 32.7 Å². The maximum atomic E-state index is 13.2. The van der Waals surface area contributed by atoms with Gasteiger partial charge in [0, 0.05) is 19.1 Å². The zero-order valence-electron chi connectivity index (χ0n) is 18.2. The number of carbonyl (C=O) groups excluding carboxylic acids is 1. The van der Waals surface area contributed by atoms with Crippen LogP contribution in [0.25, 0.3) is 0 Å². The van der Waals surface area contributed by atoms with Crippen LogP contribution in [0.5, 0.6) is 0 Å². The van der Waals surface area contributed by atoms with Gasteiger partial charge < -0.3 is 10.6 Å². The molecule has 1 aromatic heterocycles. The zero-order valence-corrected chi connectivity index (χ0v) is 18.2. The number of rotatable bonds is 9. The van der Waals surface area contributed by atoms with Crippen LogP contribution < -0.4 is 21.9 Å². The normalized spacial score (nSPS) is 15.4. The number of aromatic nitrogens is 2. The summed E-state index contributed by atoms with van der Waals surface area (Å²) < 4.78 is 1.35. The highest BCUT2D eigenvalue weighted by molar-refractivity contribution is 5.96. The van der Waals surface area contributed by atoms with E-state index in [4.69, 9.17) is 5.73 Å². The minimum atomic E-state index is -0.596. The van der Waals surface area contributed by atoms with Crippen molar-refractivity contribution in [2.45, 2.75) is 84.2 Å². The number of nitrogens with zero attached hydrogens (tertiary/aromatic N) is 3. The molecule has 8 heteroatoms. The molecule has 1 fully saturated rings. The molecule has 29 heavy (non-hydrogen) atoms. The largest absolute Gasteiger partial charge is 0.383 e. The molecule has 8 nitrogen and oxygen atoms in total. The van der Waals surface area contributed by atoms with Crippen LogP contribution in [0.3, 0.4) is 0 Å². The topological polar surface area (TPSA) is 104 Å². The van der Waals surface area contributed by atoms with Crippen molar-refractivity contribution in [3.05, 3.63) is 20.8 Å². The first kappa shape index (κ1) is 23.2. The minimum Gasteiger partial charge on any atom is -0.383 e. The highest BCUT2D eigenvalue weighted by atomic mass is 16.2. The van der Waals surface area contributed by atoms with E-state index in [0.29, 0.717) is 25.6 Å². The van der Waals surface area contributed by atoms with E-state index >= 15 is 0 Å². The zero-order chi connectivity index (χ0) is 21.4. The first-order valence-corrected chi connectivity index (χ1v) is 11.0. The molecule has 1 aromatic rings. The lowest BCUT2D eigenvalue weighted by Crippen LogP contribution is -2.46. The smallest absolute Gasteiger partial charge is 0.330 e. The van der Waals surface area contributed by atoms with Gasteiger partial charge in [-0.25, -0.2) is 4.79 Å². The Morgan fingerprint density at radius 3 is 2.38 bits per heavy atom. The molecule has 0 bridgehead atoms. The number of amides is 1. The second-order valence-electron chi connectivity index (χ2n) is 8.10. The summed E-state index contributed by atoms with van der Waals surface area (Å²) in [6.07, 6.45) is 9.43. The Balaban J connectivity index is 2.31. The number of unbranched alkanes of at least 4 members (excludes halogenated alkanes) is 1. The fraction of sp³-hybridized carbons (Fsp3) is 0.762. The van der Waals surface area contributed by atoms with Crippen molar-refractivity contribution in [3.8, 4) is 0 Å². The molecule has 1 saturated carbocycles. The number of nitrogen functional groups attached to an aromatic ring is 1. The molecule has 0 aromatic carbocycles. The van der Waals surface area contributed by atoms with E-state index < -0.39 is 11.2 Å². The maximum absolute atomic E-state index is 13.2. The fourth-order valence-electron chi connectivity index (χ4n) is 4.09. The summed E-state index contributed by atoms with van der Waals surface area (Å²) in [5.41, 5.74) is 5.19. The van der Waals surface area contributed by atoms with Gasteiger partial charge in [-0.3, -0.25) is 24.0 Å². The molecule has 3 N–H and O–H groups in total. The molecule has 0 unspecified atom stereocenters. The number of nitrogens with two attached hydrogens (primary N) is 1. The predicted octanol–water partition coefficient (Wildman–Crippen LogP) is 2.32. The third kappa shape index (κ3) is 5.95. The molecule has 0 radical (unpaired) electrons. The average molecular weight is 408 g/mol. The van der Waals surface area contributed by atoms with Crippen molar-refractivity contribution in [3.63, 3.8) is 0 Å². The maximum Gasteiger partial charge on any atom is 0.330 e. The molecule has 0 atom stereocenters. The van der Waals surface area contributed by atoms with Crippen LogP contribution in [0.4, 0.5) is 11.5 Å². The molecule has 0 aliphatic heterocycles. The number of H-pyrrole nitrogens is 1. The Kier molecular flexibility index (Phi) is 8.95. The summed E-state index contributed by atoms with van der Waals surface area (Å²) in [4.78, 5) is 43.9. The molecule has 1 heterocycles. The summed E-state index contributed by atoms with van der Waals surface area (Å²) in [7, 11) is 1.98. The Labute approximate surface area is 173 Å². The van der Waals surface area contributed by atoms with Crippen LogP contribution in [0.15, 0.2) is 9.59 Å². The van der Waals surface area contributed by atoms with Crippen molar-refractivity contribution in [1.29, 1.82) is 0 Å². The minimum absolute atomic E-state index is 0.0715. The SMILES string of the molecule is CCCCN(C(=O)CN(C)C1CCCCCC1)c1c(N)n(CCC)c(=O)[nH]c1=O. The monoisotopic (exact) mass is 407 g/mol. The van der Waals surface area contributed by atoms with Crippen molar-refractivity contribution in [2.75, 3.05) is 30.8 Å². The summed E-state index contributed by atoms with van der Waals surface area (Å²) in [6.45, 7) is 5.00.